The molecule has 0 spiro atoms. The second-order valence-electron chi connectivity index (χ2n) is 21.0. The number of carbonyl (C=O) groups excluding carboxylic acids is 1. The van der Waals surface area contributed by atoms with Gasteiger partial charge in [0.2, 0.25) is 0 Å². The van der Waals surface area contributed by atoms with Crippen molar-refractivity contribution in [2.75, 3.05) is 47.9 Å². The first-order chi connectivity index (χ1) is 31.4. The zero-order valence-corrected chi connectivity index (χ0v) is 42.9. The number of esters is 1. The van der Waals surface area contributed by atoms with Crippen molar-refractivity contribution in [3.05, 3.63) is 42.1 Å². The summed E-state index contributed by atoms with van der Waals surface area (Å²) in [5.74, 6) is -2.55. The molecule has 0 aliphatic carbocycles. The van der Waals surface area contributed by atoms with E-state index in [4.69, 9.17) is 38.1 Å². The van der Waals surface area contributed by atoms with Crippen LogP contribution in [0.5, 0.6) is 0 Å². The standard InChI is InChI=1S/C51H86N4O12/c1-15-40-51(10,60)44(56)34(6)55(13)29-30(2)26-49(8,59)46(32(4)42(33(5)47(58)65-40)66-41-27-50(9,61-14)45(57)35(7)64-41)67-48-43(39(54(11)12)25-31(3)63-48)62-24-18-23-52-28-37-22-21-36-19-16-17-20-38(36)53-37/h16-17,19-22,30-35,39-46,48,52,56-57,59-60H,15,18,23-29H2,1-14H3/t30-,31-,32+,33-,34-,35+,39+,40-,41+,42+,43-,44-,45+,46-,48+,49-,50-,51-/m1/s1. The normalized spacial score (nSPS) is 41.2. The quantitative estimate of drug-likeness (QED) is 0.130. The van der Waals surface area contributed by atoms with Crippen LogP contribution in [-0.4, -0.2) is 179 Å². The molecule has 3 aliphatic heterocycles. The monoisotopic (exact) mass is 947 g/mol. The fraction of sp³-hybridized carbons (Fsp3) is 0.804. The van der Waals surface area contributed by atoms with Crippen molar-refractivity contribution in [1.82, 2.24) is 20.1 Å². The molecule has 5 rings (SSSR count). The van der Waals surface area contributed by atoms with Gasteiger partial charge in [-0.2, -0.15) is 0 Å². The molecule has 0 bridgehead atoms. The van der Waals surface area contributed by atoms with Crippen LogP contribution < -0.4 is 5.32 Å². The molecule has 0 amide bonds. The van der Waals surface area contributed by atoms with Gasteiger partial charge in [-0.05, 0) is 120 Å². The lowest BCUT2D eigenvalue weighted by Crippen LogP contribution is -2.61. The lowest BCUT2D eigenvalue weighted by molar-refractivity contribution is -0.321. The van der Waals surface area contributed by atoms with E-state index in [1.165, 1.54) is 14.0 Å². The van der Waals surface area contributed by atoms with Gasteiger partial charge in [-0.25, -0.2) is 0 Å². The lowest BCUT2D eigenvalue weighted by Gasteiger charge is -2.49. The Morgan fingerprint density at radius 2 is 1.64 bits per heavy atom. The Kier molecular flexibility index (Phi) is 19.6. The van der Waals surface area contributed by atoms with Crippen molar-refractivity contribution >= 4 is 16.9 Å². The van der Waals surface area contributed by atoms with Crippen LogP contribution in [0.2, 0.25) is 0 Å². The molecule has 382 valence electrons. The van der Waals surface area contributed by atoms with Gasteiger partial charge < -0.3 is 68.7 Å². The first kappa shape index (κ1) is 55.5. The van der Waals surface area contributed by atoms with Crippen molar-refractivity contribution in [3.8, 4) is 0 Å². The first-order valence-corrected chi connectivity index (χ1v) is 24.7. The van der Waals surface area contributed by atoms with Crippen LogP contribution in [0.25, 0.3) is 10.9 Å². The predicted octanol–water partition coefficient (Wildman–Crippen LogP) is 4.65. The SMILES string of the molecule is CC[C@H]1OC(=O)[C@H](C)[C@@H](O[C@H]2C[C@@](C)(OC)[C@@H](O)[C@H](C)O2)[C@H](C)[C@@H](O[C@@H]2O[C@H](C)C[C@H](N(C)C)[C@H]2OCCCNCc2ccc3ccccc3n2)[C@](C)(O)C[C@@H](C)CN(C)[C@H](C)[C@@H](O)[C@]1(C)O. The van der Waals surface area contributed by atoms with Gasteiger partial charge in [0.1, 0.15) is 30.0 Å². The number of likely N-dealkylation sites (N-methyl/N-ethyl adjacent to an activating group) is 2. The second-order valence-corrected chi connectivity index (χ2v) is 21.0. The van der Waals surface area contributed by atoms with E-state index < -0.39 is 96.0 Å². The van der Waals surface area contributed by atoms with E-state index in [1.807, 2.05) is 78.0 Å². The highest BCUT2D eigenvalue weighted by Crippen LogP contribution is 2.40. The Hall–Kier alpha value is -2.42. The summed E-state index contributed by atoms with van der Waals surface area (Å²) in [6.45, 7) is 20.2. The minimum atomic E-state index is -1.81. The number of aliphatic hydroxyl groups is 4. The molecule has 1 aromatic heterocycles. The number of carbonyl (C=O) groups is 1. The molecule has 0 saturated carbocycles. The van der Waals surface area contributed by atoms with Crippen LogP contribution in [0.3, 0.4) is 0 Å². The number of para-hydroxylation sites is 1. The minimum absolute atomic E-state index is 0.0958. The van der Waals surface area contributed by atoms with E-state index in [9.17, 15) is 25.2 Å². The second kappa shape index (κ2) is 23.7. The molecule has 18 atom stereocenters. The number of nitrogens with one attached hydrogen (secondary N) is 1. The number of hydrogen-bond acceptors (Lipinski definition) is 16. The highest BCUT2D eigenvalue weighted by molar-refractivity contribution is 5.78. The van der Waals surface area contributed by atoms with Gasteiger partial charge in [-0.3, -0.25) is 9.78 Å². The molecule has 16 nitrogen and oxygen atoms in total. The van der Waals surface area contributed by atoms with Gasteiger partial charge in [-0.1, -0.05) is 45.0 Å². The third kappa shape index (κ3) is 13.5. The average molecular weight is 947 g/mol. The van der Waals surface area contributed by atoms with Crippen molar-refractivity contribution in [3.63, 3.8) is 0 Å². The summed E-state index contributed by atoms with van der Waals surface area (Å²) in [6, 6.07) is 11.6. The number of rotatable bonds is 14. The van der Waals surface area contributed by atoms with Crippen molar-refractivity contribution in [2.45, 2.75) is 198 Å². The number of aliphatic hydroxyl groups excluding tert-OH is 2. The number of pyridine rings is 1. The van der Waals surface area contributed by atoms with Crippen LogP contribution >= 0.6 is 0 Å². The molecular weight excluding hydrogens is 861 g/mol. The molecule has 0 unspecified atom stereocenters. The number of ether oxygens (including phenoxy) is 7. The Bertz CT molecular complexity index is 1860. The van der Waals surface area contributed by atoms with Crippen molar-refractivity contribution in [2.24, 2.45) is 17.8 Å². The van der Waals surface area contributed by atoms with E-state index in [0.717, 1.165) is 16.6 Å². The number of methoxy groups -OCH3 is 1. The topological polar surface area (TPSA) is 194 Å². The predicted molar refractivity (Wildman–Crippen MR) is 256 cm³/mol. The van der Waals surface area contributed by atoms with Gasteiger partial charge in [0.25, 0.3) is 0 Å². The average Bonchev–Trinajstić information content (AvgIpc) is 3.27. The Morgan fingerprint density at radius 3 is 2.31 bits per heavy atom. The largest absolute Gasteiger partial charge is 0.459 e. The summed E-state index contributed by atoms with van der Waals surface area (Å²) in [5.41, 5.74) is -2.47. The van der Waals surface area contributed by atoms with Crippen LogP contribution in [0, 0.1) is 17.8 Å². The summed E-state index contributed by atoms with van der Waals surface area (Å²) in [7, 11) is 7.43. The summed E-state index contributed by atoms with van der Waals surface area (Å²) in [5, 5.41) is 52.2. The van der Waals surface area contributed by atoms with Crippen LogP contribution in [0.1, 0.15) is 107 Å². The first-order valence-electron chi connectivity index (χ1n) is 24.7. The van der Waals surface area contributed by atoms with E-state index in [-0.39, 0.29) is 37.3 Å². The maximum atomic E-state index is 14.5. The molecule has 16 heteroatoms. The number of nitrogens with zero attached hydrogens (tertiary/aromatic N) is 3. The van der Waals surface area contributed by atoms with E-state index in [1.54, 1.807) is 34.6 Å². The molecular formula is C51H86N4O12. The fourth-order valence-electron chi connectivity index (χ4n) is 10.7. The number of hydrogen-bond donors (Lipinski definition) is 5. The van der Waals surface area contributed by atoms with Crippen LogP contribution in [-0.2, 0) is 44.5 Å². The minimum Gasteiger partial charge on any atom is -0.459 e. The summed E-state index contributed by atoms with van der Waals surface area (Å²) < 4.78 is 45.7. The molecule has 1 aromatic carbocycles. The molecule has 0 radical (unpaired) electrons. The molecule has 3 aliphatic rings. The Balaban J connectivity index is 1.48. The Morgan fingerprint density at radius 1 is 0.940 bits per heavy atom. The number of benzene rings is 1. The van der Waals surface area contributed by atoms with Gasteiger partial charge in [0.15, 0.2) is 12.6 Å². The van der Waals surface area contributed by atoms with Crippen LogP contribution in [0.4, 0.5) is 0 Å². The molecule has 5 N–H and O–H groups in total. The zero-order chi connectivity index (χ0) is 49.6. The summed E-state index contributed by atoms with van der Waals surface area (Å²) >= 11 is 0. The number of aromatic nitrogens is 1. The van der Waals surface area contributed by atoms with E-state index >= 15 is 0 Å². The molecule has 4 heterocycles. The third-order valence-electron chi connectivity index (χ3n) is 15.0. The maximum Gasteiger partial charge on any atom is 0.311 e. The number of fused-ring (bicyclic) bond motifs is 1. The molecule has 2 aromatic rings. The molecule has 67 heavy (non-hydrogen) atoms. The van der Waals surface area contributed by atoms with Crippen LogP contribution in [0.15, 0.2) is 36.4 Å². The van der Waals surface area contributed by atoms with Gasteiger partial charge in [-0.15, -0.1) is 0 Å². The van der Waals surface area contributed by atoms with E-state index in [2.05, 4.69) is 22.3 Å². The number of cyclic esters (lactones) is 1. The molecule has 3 saturated heterocycles. The third-order valence-corrected chi connectivity index (χ3v) is 15.0. The zero-order valence-electron chi connectivity index (χ0n) is 42.9. The van der Waals surface area contributed by atoms with Crippen molar-refractivity contribution < 1.29 is 58.4 Å². The van der Waals surface area contributed by atoms with Gasteiger partial charge >= 0.3 is 5.97 Å². The van der Waals surface area contributed by atoms with E-state index in [0.29, 0.717) is 39.1 Å². The highest BCUT2D eigenvalue weighted by atomic mass is 16.7. The highest BCUT2D eigenvalue weighted by Gasteiger charge is 2.53. The fourth-order valence-corrected chi connectivity index (χ4v) is 10.7. The molecule has 3 fully saturated rings. The lowest BCUT2D eigenvalue weighted by atomic mass is 9.77. The van der Waals surface area contributed by atoms with Gasteiger partial charge in [0, 0.05) is 56.6 Å². The summed E-state index contributed by atoms with van der Waals surface area (Å²) in [6.07, 6.45) is -6.64. The Labute approximate surface area is 400 Å². The maximum absolute atomic E-state index is 14.5. The van der Waals surface area contributed by atoms with Gasteiger partial charge in [0.05, 0.1) is 52.7 Å². The summed E-state index contributed by atoms with van der Waals surface area (Å²) in [4.78, 5) is 23.4. The van der Waals surface area contributed by atoms with Crippen molar-refractivity contribution in [1.29, 1.82) is 0 Å². The smallest absolute Gasteiger partial charge is 0.311 e.